The van der Waals surface area contributed by atoms with Crippen LogP contribution in [0.3, 0.4) is 0 Å². The van der Waals surface area contributed by atoms with Crippen molar-refractivity contribution in [2.24, 2.45) is 0 Å². The van der Waals surface area contributed by atoms with E-state index < -0.39 is 17.0 Å². The number of nitrogens with zero attached hydrogens (tertiary/aromatic N) is 3. The Labute approximate surface area is 159 Å². The molecule has 1 atom stereocenters. The Morgan fingerprint density at radius 1 is 1.26 bits per heavy atom. The fourth-order valence-corrected chi connectivity index (χ4v) is 3.98. The number of H-pyrrole nitrogens is 1. The van der Waals surface area contributed by atoms with Crippen LogP contribution < -0.4 is 4.74 Å². The number of benzene rings is 2. The molecule has 0 saturated carbocycles. The predicted molar refractivity (Wildman–Crippen MR) is 98.0 cm³/mol. The zero-order chi connectivity index (χ0) is 19.0. The van der Waals surface area contributed by atoms with Crippen LogP contribution in [-0.4, -0.2) is 35.2 Å². The SMILES string of the molecule is O=C(O)Oc1cnn(-c2nc3cc(Cl)c(S(=O)c4ccccc4)cc3[nH]2)c1. The molecule has 0 bridgehead atoms. The van der Waals surface area contributed by atoms with Gasteiger partial charge in [0.05, 0.1) is 44.1 Å². The molecule has 0 spiro atoms. The maximum atomic E-state index is 12.8. The van der Waals surface area contributed by atoms with E-state index in [2.05, 4.69) is 19.8 Å². The lowest BCUT2D eigenvalue weighted by atomic mass is 10.3. The normalized spacial score (nSPS) is 12.2. The van der Waals surface area contributed by atoms with Crippen molar-refractivity contribution >= 4 is 39.6 Å². The third-order valence-corrected chi connectivity index (χ3v) is 5.52. The summed E-state index contributed by atoms with van der Waals surface area (Å²) in [5.41, 5.74) is 1.17. The summed E-state index contributed by atoms with van der Waals surface area (Å²) in [4.78, 5) is 19.1. The smallest absolute Gasteiger partial charge is 0.449 e. The van der Waals surface area contributed by atoms with Gasteiger partial charge in [-0.25, -0.2) is 18.7 Å². The highest BCUT2D eigenvalue weighted by atomic mass is 35.5. The molecule has 136 valence electrons. The van der Waals surface area contributed by atoms with Crippen molar-refractivity contribution < 1.29 is 18.8 Å². The summed E-state index contributed by atoms with van der Waals surface area (Å²) in [6.45, 7) is 0. The van der Waals surface area contributed by atoms with Gasteiger partial charge >= 0.3 is 6.16 Å². The number of aromatic amines is 1. The molecule has 0 saturated heterocycles. The third-order valence-electron chi connectivity index (χ3n) is 3.66. The maximum Gasteiger partial charge on any atom is 0.511 e. The number of nitrogens with one attached hydrogen (secondary N) is 1. The van der Waals surface area contributed by atoms with Crippen LogP contribution in [0.15, 0.2) is 64.6 Å². The number of halogens is 1. The van der Waals surface area contributed by atoms with Gasteiger partial charge in [0.15, 0.2) is 5.75 Å². The minimum Gasteiger partial charge on any atom is -0.449 e. The lowest BCUT2D eigenvalue weighted by Crippen LogP contribution is -2.02. The first kappa shape index (κ1) is 17.3. The summed E-state index contributed by atoms with van der Waals surface area (Å²) in [5.74, 6) is 0.399. The highest BCUT2D eigenvalue weighted by molar-refractivity contribution is 7.85. The molecule has 0 aliphatic heterocycles. The molecular weight excluding hydrogens is 392 g/mol. The topological polar surface area (TPSA) is 110 Å². The summed E-state index contributed by atoms with van der Waals surface area (Å²) < 4.78 is 18.7. The molecule has 2 aromatic heterocycles. The molecule has 2 N–H and O–H groups in total. The van der Waals surface area contributed by atoms with Gasteiger partial charge in [0.1, 0.15) is 0 Å². The van der Waals surface area contributed by atoms with Gasteiger partial charge in [-0.15, -0.1) is 0 Å². The lowest BCUT2D eigenvalue weighted by Gasteiger charge is -2.04. The molecule has 4 aromatic rings. The molecular formula is C17H11ClN4O4S. The Hall–Kier alpha value is -3.17. The molecule has 0 aliphatic rings. The van der Waals surface area contributed by atoms with Crippen LogP contribution in [0.1, 0.15) is 0 Å². The van der Waals surface area contributed by atoms with E-state index in [-0.39, 0.29) is 5.75 Å². The van der Waals surface area contributed by atoms with Crippen molar-refractivity contribution in [3.63, 3.8) is 0 Å². The standard InChI is InChI=1S/C17H11ClN4O4S/c18-12-6-13-14(7-15(12)27(25)11-4-2-1-3-5-11)21-16(20-13)22-9-10(8-19-22)26-17(23)24/h1-9H,(H,20,21)(H,23,24). The molecule has 0 amide bonds. The molecule has 2 heterocycles. The summed E-state index contributed by atoms with van der Waals surface area (Å²) in [7, 11) is -1.44. The van der Waals surface area contributed by atoms with Crippen LogP contribution in [0.5, 0.6) is 5.75 Å². The van der Waals surface area contributed by atoms with Crippen LogP contribution in [-0.2, 0) is 10.8 Å². The Balaban J connectivity index is 1.72. The second-order valence-corrected chi connectivity index (χ2v) is 7.29. The first-order valence-electron chi connectivity index (χ1n) is 7.63. The first-order valence-corrected chi connectivity index (χ1v) is 9.16. The molecule has 0 fully saturated rings. The van der Waals surface area contributed by atoms with Crippen molar-refractivity contribution in [3.05, 3.63) is 59.9 Å². The Bertz CT molecular complexity index is 1170. The molecule has 0 radical (unpaired) electrons. The highest BCUT2D eigenvalue weighted by Crippen LogP contribution is 2.29. The molecule has 10 heteroatoms. The number of hydrogen-bond donors (Lipinski definition) is 2. The molecule has 8 nitrogen and oxygen atoms in total. The summed E-state index contributed by atoms with van der Waals surface area (Å²) in [5, 5.41) is 13.0. The zero-order valence-electron chi connectivity index (χ0n) is 13.5. The van der Waals surface area contributed by atoms with Crippen LogP contribution in [0.4, 0.5) is 4.79 Å². The lowest BCUT2D eigenvalue weighted by molar-refractivity contribution is 0.144. The first-order chi connectivity index (χ1) is 13.0. The van der Waals surface area contributed by atoms with E-state index in [0.29, 0.717) is 31.8 Å². The monoisotopic (exact) mass is 402 g/mol. The Morgan fingerprint density at radius 3 is 2.78 bits per heavy atom. The summed E-state index contributed by atoms with van der Waals surface area (Å²) in [6, 6.07) is 12.3. The summed E-state index contributed by atoms with van der Waals surface area (Å²) >= 11 is 6.31. The zero-order valence-corrected chi connectivity index (χ0v) is 15.1. The predicted octanol–water partition coefficient (Wildman–Crippen LogP) is 3.63. The van der Waals surface area contributed by atoms with Gasteiger partial charge in [-0.2, -0.15) is 5.10 Å². The number of carbonyl (C=O) groups is 1. The van der Waals surface area contributed by atoms with Gasteiger partial charge in [0.25, 0.3) is 0 Å². The maximum absolute atomic E-state index is 12.8. The molecule has 0 aliphatic carbocycles. The molecule has 1 unspecified atom stereocenters. The van der Waals surface area contributed by atoms with Crippen molar-refractivity contribution in [2.45, 2.75) is 9.79 Å². The summed E-state index contributed by atoms with van der Waals surface area (Å²) in [6.07, 6.45) is 1.19. The minimum absolute atomic E-state index is 0.0619. The van der Waals surface area contributed by atoms with E-state index in [1.54, 1.807) is 24.3 Å². The van der Waals surface area contributed by atoms with Crippen molar-refractivity contribution in [1.29, 1.82) is 0 Å². The minimum atomic E-state index is -1.44. The van der Waals surface area contributed by atoms with Gasteiger partial charge in [-0.3, -0.25) is 0 Å². The quantitative estimate of drug-likeness (QED) is 0.504. The van der Waals surface area contributed by atoms with E-state index >= 15 is 0 Å². The number of hydrogen-bond acceptors (Lipinski definition) is 5. The van der Waals surface area contributed by atoms with Crippen LogP contribution in [0.2, 0.25) is 5.02 Å². The van der Waals surface area contributed by atoms with E-state index in [4.69, 9.17) is 16.7 Å². The molecule has 27 heavy (non-hydrogen) atoms. The third kappa shape index (κ3) is 3.42. The Kier molecular flexibility index (Phi) is 4.38. The highest BCUT2D eigenvalue weighted by Gasteiger charge is 2.15. The second-order valence-electron chi connectivity index (χ2n) is 5.43. The number of imidazole rings is 1. The van der Waals surface area contributed by atoms with Gasteiger partial charge in [0.2, 0.25) is 5.95 Å². The van der Waals surface area contributed by atoms with Gasteiger partial charge in [-0.05, 0) is 24.3 Å². The molecule has 2 aromatic carbocycles. The van der Waals surface area contributed by atoms with Crippen LogP contribution in [0, 0.1) is 0 Å². The van der Waals surface area contributed by atoms with Crippen LogP contribution >= 0.6 is 11.6 Å². The van der Waals surface area contributed by atoms with Gasteiger partial charge < -0.3 is 14.8 Å². The van der Waals surface area contributed by atoms with Gasteiger partial charge in [-0.1, -0.05) is 29.8 Å². The molecule has 4 rings (SSSR count). The Morgan fingerprint density at radius 2 is 2.04 bits per heavy atom. The van der Waals surface area contributed by atoms with E-state index in [1.807, 2.05) is 18.2 Å². The van der Waals surface area contributed by atoms with Crippen molar-refractivity contribution in [3.8, 4) is 11.7 Å². The van der Waals surface area contributed by atoms with Crippen molar-refractivity contribution in [2.75, 3.05) is 0 Å². The average molecular weight is 403 g/mol. The number of rotatable bonds is 4. The average Bonchev–Trinajstić information content (AvgIpc) is 3.27. The fraction of sp³-hybridized carbons (Fsp3) is 0. The van der Waals surface area contributed by atoms with Crippen LogP contribution in [0.25, 0.3) is 17.0 Å². The number of fused-ring (bicyclic) bond motifs is 1. The van der Waals surface area contributed by atoms with E-state index in [1.165, 1.54) is 17.1 Å². The number of carboxylic acid groups (broad SMARTS) is 1. The fourth-order valence-electron chi connectivity index (χ4n) is 2.50. The van der Waals surface area contributed by atoms with E-state index in [9.17, 15) is 9.00 Å². The number of aromatic nitrogens is 4. The number of ether oxygens (including phenoxy) is 1. The van der Waals surface area contributed by atoms with Gasteiger partial charge in [0, 0.05) is 4.90 Å². The van der Waals surface area contributed by atoms with E-state index in [0.717, 1.165) is 0 Å². The largest absolute Gasteiger partial charge is 0.511 e. The second kappa shape index (κ2) is 6.86. The van der Waals surface area contributed by atoms with Crippen molar-refractivity contribution in [1.82, 2.24) is 19.7 Å².